The molecule has 0 radical (unpaired) electrons. The van der Waals surface area contributed by atoms with Gasteiger partial charge in [-0.05, 0) is 47.4 Å². The zero-order valence-electron chi connectivity index (χ0n) is 25.6. The van der Waals surface area contributed by atoms with Crippen molar-refractivity contribution in [3.8, 4) is 5.75 Å². The van der Waals surface area contributed by atoms with E-state index in [1.54, 1.807) is 7.11 Å². The van der Waals surface area contributed by atoms with Gasteiger partial charge in [0.25, 0.3) is 0 Å². The lowest BCUT2D eigenvalue weighted by Gasteiger charge is -2.12. The van der Waals surface area contributed by atoms with Crippen LogP contribution in [0, 0.1) is 0 Å². The van der Waals surface area contributed by atoms with E-state index in [1.165, 1.54) is 5.56 Å². The molecule has 6 N–H and O–H groups in total. The number of aromatic nitrogens is 3. The van der Waals surface area contributed by atoms with Gasteiger partial charge in [0.1, 0.15) is 5.75 Å². The Morgan fingerprint density at radius 2 is 1.44 bits per heavy atom. The van der Waals surface area contributed by atoms with Crippen molar-refractivity contribution in [2.75, 3.05) is 69.1 Å². The number of carbonyl (C=O) groups excluding carboxylic acids is 1. The highest BCUT2D eigenvalue weighted by Crippen LogP contribution is 2.18. The highest BCUT2D eigenvalue weighted by Gasteiger charge is 2.09. The Balaban J connectivity index is 1.32. The lowest BCUT2D eigenvalue weighted by Crippen LogP contribution is -2.29. The molecule has 12 heteroatoms. The molecule has 0 bridgehead atoms. The SMILES string of the molecule is COc1cccc(CNc2nc(NCCc3ccccc3)nc(Nc3ccc(CC(=O)NCCOCCOCCN)cc3)n2)c1. The van der Waals surface area contributed by atoms with Gasteiger partial charge in [0.15, 0.2) is 0 Å². The zero-order chi connectivity index (χ0) is 31.5. The van der Waals surface area contributed by atoms with Gasteiger partial charge in [-0.2, -0.15) is 15.0 Å². The Morgan fingerprint density at radius 1 is 0.733 bits per heavy atom. The van der Waals surface area contributed by atoms with Gasteiger partial charge in [0.2, 0.25) is 23.8 Å². The summed E-state index contributed by atoms with van der Waals surface area (Å²) < 4.78 is 16.0. The molecular formula is C33H42N8O4. The topological polar surface area (TPSA) is 158 Å². The summed E-state index contributed by atoms with van der Waals surface area (Å²) in [5.41, 5.74) is 9.29. The Kier molecular flexibility index (Phi) is 13.8. The Labute approximate surface area is 264 Å². The maximum atomic E-state index is 12.3. The molecule has 45 heavy (non-hydrogen) atoms. The van der Waals surface area contributed by atoms with Crippen molar-refractivity contribution in [3.05, 3.63) is 95.6 Å². The molecule has 0 spiro atoms. The molecule has 0 aliphatic rings. The second-order valence-electron chi connectivity index (χ2n) is 10.0. The summed E-state index contributed by atoms with van der Waals surface area (Å²) in [6.07, 6.45) is 1.09. The predicted molar refractivity (Wildman–Crippen MR) is 176 cm³/mol. The molecule has 4 aromatic rings. The first-order chi connectivity index (χ1) is 22.1. The van der Waals surface area contributed by atoms with Crippen LogP contribution in [0.15, 0.2) is 78.9 Å². The summed E-state index contributed by atoms with van der Waals surface area (Å²) in [5, 5.41) is 12.7. The van der Waals surface area contributed by atoms with Crippen molar-refractivity contribution in [1.82, 2.24) is 20.3 Å². The minimum Gasteiger partial charge on any atom is -0.497 e. The van der Waals surface area contributed by atoms with Crippen molar-refractivity contribution in [1.29, 1.82) is 0 Å². The van der Waals surface area contributed by atoms with Crippen molar-refractivity contribution in [3.63, 3.8) is 0 Å². The number of anilines is 4. The van der Waals surface area contributed by atoms with Crippen LogP contribution in [0.25, 0.3) is 0 Å². The quantitative estimate of drug-likeness (QED) is 0.0928. The Bertz CT molecular complexity index is 1440. The monoisotopic (exact) mass is 614 g/mol. The normalized spacial score (nSPS) is 10.7. The van der Waals surface area contributed by atoms with Crippen molar-refractivity contribution >= 4 is 29.4 Å². The molecule has 0 aliphatic carbocycles. The third-order valence-electron chi connectivity index (χ3n) is 6.54. The smallest absolute Gasteiger partial charge is 0.233 e. The van der Waals surface area contributed by atoms with Crippen LogP contribution in [0.1, 0.15) is 16.7 Å². The number of hydrogen-bond acceptors (Lipinski definition) is 11. The number of rotatable bonds is 20. The number of nitrogens with zero attached hydrogens (tertiary/aromatic N) is 3. The van der Waals surface area contributed by atoms with E-state index >= 15 is 0 Å². The van der Waals surface area contributed by atoms with Gasteiger partial charge in [-0.25, -0.2) is 0 Å². The fraction of sp³-hybridized carbons (Fsp3) is 0.333. The molecule has 1 heterocycles. The molecule has 1 aromatic heterocycles. The first kappa shape index (κ1) is 33.1. The van der Waals surface area contributed by atoms with Gasteiger partial charge >= 0.3 is 0 Å². The van der Waals surface area contributed by atoms with E-state index in [0.29, 0.717) is 70.5 Å². The summed E-state index contributed by atoms with van der Waals surface area (Å²) in [7, 11) is 1.65. The Morgan fingerprint density at radius 3 is 2.20 bits per heavy atom. The predicted octanol–water partition coefficient (Wildman–Crippen LogP) is 3.54. The van der Waals surface area contributed by atoms with E-state index in [9.17, 15) is 4.79 Å². The third kappa shape index (κ3) is 12.4. The Hall–Kier alpha value is -4.78. The first-order valence-corrected chi connectivity index (χ1v) is 15.0. The molecule has 12 nitrogen and oxygen atoms in total. The fourth-order valence-electron chi connectivity index (χ4n) is 4.27. The van der Waals surface area contributed by atoms with E-state index in [4.69, 9.17) is 19.9 Å². The van der Waals surface area contributed by atoms with Gasteiger partial charge in [0, 0.05) is 31.9 Å². The highest BCUT2D eigenvalue weighted by molar-refractivity contribution is 5.78. The second-order valence-corrected chi connectivity index (χ2v) is 10.0. The van der Waals surface area contributed by atoms with Crippen LogP contribution in [-0.2, 0) is 33.7 Å². The van der Waals surface area contributed by atoms with Gasteiger partial charge in [-0.1, -0.05) is 54.6 Å². The molecule has 3 aromatic carbocycles. The lowest BCUT2D eigenvalue weighted by molar-refractivity contribution is -0.120. The number of benzene rings is 3. The summed E-state index contributed by atoms with van der Waals surface area (Å²) in [5.74, 6) is 1.98. The molecule has 1 amide bonds. The van der Waals surface area contributed by atoms with Crippen LogP contribution in [0.3, 0.4) is 0 Å². The number of nitrogens with two attached hydrogens (primary N) is 1. The standard InChI is InChI=1S/C33H42N8O4/c1-43-29-9-5-8-27(22-29)24-37-32-39-31(36-16-14-25-6-3-2-4-7-25)40-33(41-32)38-28-12-10-26(11-13-28)23-30(42)35-17-19-45-21-20-44-18-15-34/h2-13,22H,14-21,23-24,34H2,1H3,(H,35,42)(H3,36,37,38,39,40,41). The van der Waals surface area contributed by atoms with Crippen LogP contribution in [0.4, 0.5) is 23.5 Å². The second kappa shape index (κ2) is 18.8. The van der Waals surface area contributed by atoms with Crippen molar-refractivity contribution in [2.24, 2.45) is 5.73 Å². The number of amides is 1. The highest BCUT2D eigenvalue weighted by atomic mass is 16.5. The van der Waals surface area contributed by atoms with E-state index in [2.05, 4.69) is 48.4 Å². The summed E-state index contributed by atoms with van der Waals surface area (Å²) in [6, 6.07) is 25.6. The van der Waals surface area contributed by atoms with Crippen molar-refractivity contribution < 1.29 is 19.0 Å². The van der Waals surface area contributed by atoms with E-state index in [0.717, 1.165) is 29.0 Å². The summed E-state index contributed by atoms with van der Waals surface area (Å²) in [4.78, 5) is 26.1. The molecule has 0 saturated heterocycles. The molecule has 0 saturated carbocycles. The summed E-state index contributed by atoms with van der Waals surface area (Å²) >= 11 is 0. The van der Waals surface area contributed by atoms with Gasteiger partial charge in [0.05, 0.1) is 40.0 Å². The molecule has 0 atom stereocenters. The van der Waals surface area contributed by atoms with Crippen LogP contribution >= 0.6 is 0 Å². The maximum Gasteiger partial charge on any atom is 0.233 e. The zero-order valence-corrected chi connectivity index (χ0v) is 25.6. The van der Waals surface area contributed by atoms with Gasteiger partial charge in [-0.15, -0.1) is 0 Å². The molecule has 238 valence electrons. The lowest BCUT2D eigenvalue weighted by atomic mass is 10.1. The number of nitrogens with one attached hydrogen (secondary N) is 4. The minimum atomic E-state index is -0.0749. The van der Waals surface area contributed by atoms with E-state index < -0.39 is 0 Å². The molecule has 0 fully saturated rings. The molecule has 0 unspecified atom stereocenters. The van der Waals surface area contributed by atoms with E-state index in [1.807, 2.05) is 66.7 Å². The number of methoxy groups -OCH3 is 1. The van der Waals surface area contributed by atoms with Gasteiger partial charge in [-0.3, -0.25) is 4.79 Å². The molecular weight excluding hydrogens is 572 g/mol. The molecule has 4 rings (SSSR count). The van der Waals surface area contributed by atoms with Crippen LogP contribution in [0.2, 0.25) is 0 Å². The largest absolute Gasteiger partial charge is 0.497 e. The minimum absolute atomic E-state index is 0.0749. The first-order valence-electron chi connectivity index (χ1n) is 15.0. The fourth-order valence-corrected chi connectivity index (χ4v) is 4.27. The van der Waals surface area contributed by atoms with E-state index in [-0.39, 0.29) is 12.3 Å². The number of carbonyl (C=O) groups is 1. The average Bonchev–Trinajstić information content (AvgIpc) is 3.06. The average molecular weight is 615 g/mol. The van der Waals surface area contributed by atoms with Crippen LogP contribution < -0.4 is 31.7 Å². The van der Waals surface area contributed by atoms with Crippen LogP contribution in [0.5, 0.6) is 5.75 Å². The molecule has 0 aliphatic heterocycles. The third-order valence-corrected chi connectivity index (χ3v) is 6.54. The summed E-state index contributed by atoms with van der Waals surface area (Å²) in [6.45, 7) is 3.99. The van der Waals surface area contributed by atoms with Crippen LogP contribution in [-0.4, -0.2) is 74.0 Å². The maximum absolute atomic E-state index is 12.3. The number of ether oxygens (including phenoxy) is 3. The van der Waals surface area contributed by atoms with Gasteiger partial charge < -0.3 is 41.2 Å². The number of hydrogen-bond donors (Lipinski definition) is 5. The van der Waals surface area contributed by atoms with Crippen molar-refractivity contribution in [2.45, 2.75) is 19.4 Å².